The van der Waals surface area contributed by atoms with Crippen LogP contribution >= 0.6 is 0 Å². The second kappa shape index (κ2) is 4.86. The van der Waals surface area contributed by atoms with Gasteiger partial charge in [0.05, 0.1) is 7.11 Å². The van der Waals surface area contributed by atoms with Crippen LogP contribution in [0.15, 0.2) is 12.7 Å². The predicted octanol–water partition coefficient (Wildman–Crippen LogP) is 2.34. The van der Waals surface area contributed by atoms with Crippen LogP contribution in [0, 0.1) is 0 Å². The highest BCUT2D eigenvalue weighted by molar-refractivity contribution is 4.99. The van der Waals surface area contributed by atoms with Crippen LogP contribution in [0.4, 0.5) is 0 Å². The Labute approximate surface area is 99.8 Å². The van der Waals surface area contributed by atoms with Crippen LogP contribution in [0.1, 0.15) is 40.5 Å². The number of hydrogen-bond donors (Lipinski definition) is 1. The topological polar surface area (TPSA) is 24.5 Å². The van der Waals surface area contributed by atoms with Crippen molar-refractivity contribution < 1.29 is 4.84 Å². The van der Waals surface area contributed by atoms with Crippen molar-refractivity contribution in [2.75, 3.05) is 13.7 Å². The van der Waals surface area contributed by atoms with Crippen molar-refractivity contribution in [1.82, 2.24) is 10.4 Å². The van der Waals surface area contributed by atoms with E-state index in [0.29, 0.717) is 6.04 Å². The zero-order chi connectivity index (χ0) is 12.4. The number of rotatable bonds is 4. The standard InChI is InChI=1S/C13H26N2O/c1-7-8-14-11-9-12(2,3)15(16-6)13(4,5)10-11/h7,11,14H,1,8-10H2,2-6H3. The molecular weight excluding hydrogens is 200 g/mol. The first kappa shape index (κ1) is 13.7. The van der Waals surface area contributed by atoms with E-state index < -0.39 is 0 Å². The molecule has 0 amide bonds. The number of piperidine rings is 1. The zero-order valence-electron chi connectivity index (χ0n) is 11.3. The molecule has 1 N–H and O–H groups in total. The molecule has 1 aliphatic rings. The highest BCUT2D eigenvalue weighted by Crippen LogP contribution is 2.38. The third kappa shape index (κ3) is 2.84. The van der Waals surface area contributed by atoms with Gasteiger partial charge in [-0.15, -0.1) is 6.58 Å². The molecule has 0 aromatic carbocycles. The third-order valence-electron chi connectivity index (χ3n) is 3.32. The summed E-state index contributed by atoms with van der Waals surface area (Å²) < 4.78 is 0. The minimum absolute atomic E-state index is 0.0648. The molecule has 0 aliphatic carbocycles. The molecule has 1 aliphatic heterocycles. The van der Waals surface area contributed by atoms with Gasteiger partial charge in [-0.2, -0.15) is 5.06 Å². The Bertz CT molecular complexity index is 230. The van der Waals surface area contributed by atoms with Gasteiger partial charge in [-0.25, -0.2) is 0 Å². The van der Waals surface area contributed by atoms with E-state index in [0.717, 1.165) is 19.4 Å². The fourth-order valence-corrected chi connectivity index (χ4v) is 3.15. The summed E-state index contributed by atoms with van der Waals surface area (Å²) in [5, 5.41) is 5.66. The van der Waals surface area contributed by atoms with Crippen molar-refractivity contribution in [2.24, 2.45) is 0 Å². The van der Waals surface area contributed by atoms with Crippen LogP contribution in [-0.4, -0.2) is 35.8 Å². The van der Waals surface area contributed by atoms with Crippen LogP contribution in [0.3, 0.4) is 0 Å². The fraction of sp³-hybridized carbons (Fsp3) is 0.846. The van der Waals surface area contributed by atoms with Crippen molar-refractivity contribution in [1.29, 1.82) is 0 Å². The predicted molar refractivity (Wildman–Crippen MR) is 68.2 cm³/mol. The van der Waals surface area contributed by atoms with E-state index in [4.69, 9.17) is 4.84 Å². The molecule has 0 saturated carbocycles. The molecule has 0 aromatic heterocycles. The molecule has 0 unspecified atom stereocenters. The van der Waals surface area contributed by atoms with Gasteiger partial charge in [0.2, 0.25) is 0 Å². The lowest BCUT2D eigenvalue weighted by molar-refractivity contribution is -0.267. The van der Waals surface area contributed by atoms with Crippen molar-refractivity contribution in [2.45, 2.75) is 57.7 Å². The summed E-state index contributed by atoms with van der Waals surface area (Å²) in [6.07, 6.45) is 4.11. The molecule has 3 heteroatoms. The lowest BCUT2D eigenvalue weighted by atomic mass is 9.79. The Kier molecular flexibility index (Phi) is 4.16. The first-order valence-electron chi connectivity index (χ1n) is 6.02. The summed E-state index contributed by atoms with van der Waals surface area (Å²) in [6.45, 7) is 13.6. The van der Waals surface area contributed by atoms with E-state index in [2.05, 4.69) is 44.7 Å². The van der Waals surface area contributed by atoms with E-state index in [1.807, 2.05) is 6.08 Å². The van der Waals surface area contributed by atoms with Gasteiger partial charge < -0.3 is 10.2 Å². The monoisotopic (exact) mass is 226 g/mol. The molecule has 0 aromatic rings. The minimum atomic E-state index is 0.0648. The van der Waals surface area contributed by atoms with Gasteiger partial charge in [0.25, 0.3) is 0 Å². The SMILES string of the molecule is C=CCNC1CC(C)(C)N(OC)C(C)(C)C1. The molecule has 0 radical (unpaired) electrons. The van der Waals surface area contributed by atoms with Crippen molar-refractivity contribution in [3.63, 3.8) is 0 Å². The van der Waals surface area contributed by atoms with Gasteiger partial charge in [-0.3, -0.25) is 0 Å². The normalized spacial score (nSPS) is 25.6. The summed E-state index contributed by atoms with van der Waals surface area (Å²) in [5.41, 5.74) is 0.130. The van der Waals surface area contributed by atoms with E-state index in [1.165, 1.54) is 0 Å². The van der Waals surface area contributed by atoms with Crippen LogP contribution in [0.25, 0.3) is 0 Å². The zero-order valence-corrected chi connectivity index (χ0v) is 11.3. The molecule has 94 valence electrons. The summed E-state index contributed by atoms with van der Waals surface area (Å²) in [6, 6.07) is 0.536. The Morgan fingerprint density at radius 1 is 1.31 bits per heavy atom. The molecule has 0 atom stereocenters. The largest absolute Gasteiger partial charge is 0.310 e. The van der Waals surface area contributed by atoms with Crippen LogP contribution in [0.2, 0.25) is 0 Å². The first-order chi connectivity index (χ1) is 7.33. The Hall–Kier alpha value is -0.380. The average Bonchev–Trinajstić information content (AvgIpc) is 2.11. The number of hydroxylamine groups is 2. The van der Waals surface area contributed by atoms with Gasteiger partial charge in [0.1, 0.15) is 0 Å². The maximum absolute atomic E-state index is 5.56. The van der Waals surface area contributed by atoms with Crippen molar-refractivity contribution in [3.8, 4) is 0 Å². The molecule has 1 rings (SSSR count). The summed E-state index contributed by atoms with van der Waals surface area (Å²) in [5.74, 6) is 0. The van der Waals surface area contributed by atoms with E-state index >= 15 is 0 Å². The highest BCUT2D eigenvalue weighted by Gasteiger charge is 2.45. The molecule has 0 spiro atoms. The second-order valence-corrected chi connectivity index (χ2v) is 5.90. The van der Waals surface area contributed by atoms with Crippen LogP contribution in [-0.2, 0) is 4.84 Å². The number of nitrogens with zero attached hydrogens (tertiary/aromatic N) is 1. The summed E-state index contributed by atoms with van der Waals surface area (Å²) in [7, 11) is 1.76. The molecule has 1 heterocycles. The Balaban J connectivity index is 2.76. The molecule has 3 nitrogen and oxygen atoms in total. The molecule has 1 saturated heterocycles. The number of hydrogen-bond acceptors (Lipinski definition) is 3. The average molecular weight is 226 g/mol. The van der Waals surface area contributed by atoms with E-state index in [9.17, 15) is 0 Å². The third-order valence-corrected chi connectivity index (χ3v) is 3.32. The lowest BCUT2D eigenvalue weighted by Crippen LogP contribution is -2.63. The lowest BCUT2D eigenvalue weighted by Gasteiger charge is -2.53. The summed E-state index contributed by atoms with van der Waals surface area (Å²) in [4.78, 5) is 5.56. The Morgan fingerprint density at radius 2 is 1.81 bits per heavy atom. The van der Waals surface area contributed by atoms with Crippen molar-refractivity contribution >= 4 is 0 Å². The number of nitrogens with one attached hydrogen (secondary N) is 1. The van der Waals surface area contributed by atoms with Crippen molar-refractivity contribution in [3.05, 3.63) is 12.7 Å². The Morgan fingerprint density at radius 3 is 2.19 bits per heavy atom. The maximum Gasteiger partial charge on any atom is 0.0575 e. The highest BCUT2D eigenvalue weighted by atomic mass is 16.7. The maximum atomic E-state index is 5.56. The van der Waals surface area contributed by atoms with Gasteiger partial charge in [0, 0.05) is 23.7 Å². The van der Waals surface area contributed by atoms with Gasteiger partial charge in [0.15, 0.2) is 0 Å². The second-order valence-electron chi connectivity index (χ2n) is 5.90. The quantitative estimate of drug-likeness (QED) is 0.745. The van der Waals surface area contributed by atoms with Gasteiger partial charge in [-0.05, 0) is 40.5 Å². The van der Waals surface area contributed by atoms with Crippen LogP contribution < -0.4 is 5.32 Å². The first-order valence-corrected chi connectivity index (χ1v) is 6.02. The molecule has 0 bridgehead atoms. The molecular formula is C13H26N2O. The fourth-order valence-electron chi connectivity index (χ4n) is 3.15. The minimum Gasteiger partial charge on any atom is -0.310 e. The van der Waals surface area contributed by atoms with Crippen LogP contribution in [0.5, 0.6) is 0 Å². The molecule has 16 heavy (non-hydrogen) atoms. The molecule has 1 fully saturated rings. The van der Waals surface area contributed by atoms with Gasteiger partial charge in [-0.1, -0.05) is 6.08 Å². The van der Waals surface area contributed by atoms with E-state index in [1.54, 1.807) is 7.11 Å². The van der Waals surface area contributed by atoms with Gasteiger partial charge >= 0.3 is 0 Å². The van der Waals surface area contributed by atoms with E-state index in [-0.39, 0.29) is 11.1 Å². The smallest absolute Gasteiger partial charge is 0.0575 e. The summed E-state index contributed by atoms with van der Waals surface area (Å²) >= 11 is 0.